The van der Waals surface area contributed by atoms with Gasteiger partial charge in [-0.3, -0.25) is 0 Å². The fourth-order valence-electron chi connectivity index (χ4n) is 1.95. The number of aromatic nitrogens is 1. The highest BCUT2D eigenvalue weighted by molar-refractivity contribution is 7.91. The molecular formula is C9H14N2O2S2. The van der Waals surface area contributed by atoms with Crippen molar-refractivity contribution in [2.75, 3.05) is 5.75 Å². The van der Waals surface area contributed by atoms with E-state index in [1.165, 1.54) is 11.3 Å². The van der Waals surface area contributed by atoms with Gasteiger partial charge >= 0.3 is 0 Å². The number of hydrogen-bond acceptors (Lipinski definition) is 5. The predicted molar refractivity (Wildman–Crippen MR) is 60.5 cm³/mol. The summed E-state index contributed by atoms with van der Waals surface area (Å²) >= 11 is 1.50. The van der Waals surface area contributed by atoms with Gasteiger partial charge in [0.15, 0.2) is 9.84 Å². The summed E-state index contributed by atoms with van der Waals surface area (Å²) in [6, 6.07) is 0. The molecule has 1 aromatic heterocycles. The Kier molecular flexibility index (Phi) is 2.83. The molecule has 1 aromatic rings. The summed E-state index contributed by atoms with van der Waals surface area (Å²) in [5.41, 5.74) is 6.23. The second kappa shape index (κ2) is 3.84. The Morgan fingerprint density at radius 2 is 2.33 bits per heavy atom. The van der Waals surface area contributed by atoms with Crippen LogP contribution in [0.4, 0.5) is 0 Å². The maximum Gasteiger partial charge on any atom is 0.158 e. The van der Waals surface area contributed by atoms with E-state index >= 15 is 0 Å². The third-order valence-corrected chi connectivity index (χ3v) is 5.88. The zero-order valence-corrected chi connectivity index (χ0v) is 10.2. The highest BCUT2D eigenvalue weighted by atomic mass is 32.2. The minimum atomic E-state index is -2.95. The summed E-state index contributed by atoms with van der Waals surface area (Å²) in [7, 11) is -2.95. The molecule has 0 saturated carbocycles. The predicted octanol–water partition coefficient (Wildman–Crippen LogP) is 1.16. The van der Waals surface area contributed by atoms with Crippen molar-refractivity contribution in [1.82, 2.24) is 4.98 Å². The second-order valence-electron chi connectivity index (χ2n) is 3.75. The Bertz CT molecular complexity index is 464. The van der Waals surface area contributed by atoms with Gasteiger partial charge in [-0.2, -0.15) is 0 Å². The molecule has 2 rings (SSSR count). The standard InChI is InChI=1S/C9H14N2O2S2/c1-6-9(11-8(5-10)14-6)7-3-2-4-15(7,12)13/h7H,2-5,10H2,1H3. The van der Waals surface area contributed by atoms with Crippen LogP contribution < -0.4 is 5.73 Å². The van der Waals surface area contributed by atoms with Crippen molar-refractivity contribution in [3.05, 3.63) is 15.6 Å². The molecule has 1 fully saturated rings. The average Bonchev–Trinajstić information content (AvgIpc) is 2.68. The van der Waals surface area contributed by atoms with Crippen LogP contribution in [0.1, 0.15) is 33.7 Å². The molecule has 6 heteroatoms. The summed E-state index contributed by atoms with van der Waals surface area (Å²) < 4.78 is 23.5. The van der Waals surface area contributed by atoms with Crippen LogP contribution in [0, 0.1) is 6.92 Å². The van der Waals surface area contributed by atoms with E-state index in [4.69, 9.17) is 5.73 Å². The lowest BCUT2D eigenvalue weighted by atomic mass is 10.2. The van der Waals surface area contributed by atoms with Crippen molar-refractivity contribution in [2.45, 2.75) is 31.6 Å². The number of aryl methyl sites for hydroxylation is 1. The largest absolute Gasteiger partial charge is 0.325 e. The van der Waals surface area contributed by atoms with Crippen molar-refractivity contribution < 1.29 is 8.42 Å². The van der Waals surface area contributed by atoms with Gasteiger partial charge < -0.3 is 5.73 Å². The zero-order chi connectivity index (χ0) is 11.1. The van der Waals surface area contributed by atoms with Gasteiger partial charge in [-0.25, -0.2) is 13.4 Å². The SMILES string of the molecule is Cc1sc(CN)nc1C1CCCS1(=O)=O. The number of nitrogens with zero attached hydrogens (tertiary/aromatic N) is 1. The van der Waals surface area contributed by atoms with Crippen molar-refractivity contribution in [3.8, 4) is 0 Å². The molecule has 15 heavy (non-hydrogen) atoms. The maximum absolute atomic E-state index is 11.7. The van der Waals surface area contributed by atoms with Crippen molar-refractivity contribution >= 4 is 21.2 Å². The van der Waals surface area contributed by atoms with Gasteiger partial charge in [0.1, 0.15) is 10.3 Å². The first kappa shape index (κ1) is 11.0. The van der Waals surface area contributed by atoms with Gasteiger partial charge in [-0.05, 0) is 19.8 Å². The molecule has 1 aliphatic rings. The molecule has 0 aromatic carbocycles. The quantitative estimate of drug-likeness (QED) is 0.850. The molecule has 84 valence electrons. The molecule has 1 atom stereocenters. The van der Waals surface area contributed by atoms with E-state index in [0.717, 1.165) is 22.0 Å². The van der Waals surface area contributed by atoms with Gasteiger partial charge in [-0.1, -0.05) is 0 Å². The van der Waals surface area contributed by atoms with Crippen LogP contribution in [-0.2, 0) is 16.4 Å². The van der Waals surface area contributed by atoms with Gasteiger partial charge in [-0.15, -0.1) is 11.3 Å². The summed E-state index contributed by atoms with van der Waals surface area (Å²) in [6.45, 7) is 2.30. The summed E-state index contributed by atoms with van der Waals surface area (Å²) in [5, 5.41) is 0.443. The Hall–Kier alpha value is -0.460. The molecule has 1 saturated heterocycles. The van der Waals surface area contributed by atoms with Crippen LogP contribution in [-0.4, -0.2) is 19.2 Å². The van der Waals surface area contributed by atoms with Crippen LogP contribution in [0.25, 0.3) is 0 Å². The highest BCUT2D eigenvalue weighted by Gasteiger charge is 2.35. The molecule has 0 amide bonds. The molecule has 2 heterocycles. The van der Waals surface area contributed by atoms with Crippen LogP contribution >= 0.6 is 11.3 Å². The third kappa shape index (κ3) is 1.93. The summed E-state index contributed by atoms with van der Waals surface area (Å²) in [5.74, 6) is 0.298. The van der Waals surface area contributed by atoms with E-state index < -0.39 is 9.84 Å². The van der Waals surface area contributed by atoms with Gasteiger partial charge in [0.25, 0.3) is 0 Å². The highest BCUT2D eigenvalue weighted by Crippen LogP contribution is 2.37. The number of thiazole rings is 1. The van der Waals surface area contributed by atoms with E-state index in [1.54, 1.807) is 0 Å². The topological polar surface area (TPSA) is 73.0 Å². The molecule has 1 aliphatic heterocycles. The Labute approximate surface area is 93.4 Å². The fourth-order valence-corrected chi connectivity index (χ4v) is 4.85. The van der Waals surface area contributed by atoms with Crippen LogP contribution in [0.3, 0.4) is 0 Å². The summed E-state index contributed by atoms with van der Waals surface area (Å²) in [4.78, 5) is 5.31. The molecule has 2 N–H and O–H groups in total. The van der Waals surface area contributed by atoms with Gasteiger partial charge in [0.2, 0.25) is 0 Å². The lowest BCUT2D eigenvalue weighted by Gasteiger charge is -2.06. The number of sulfone groups is 1. The number of nitrogens with two attached hydrogens (primary N) is 1. The zero-order valence-electron chi connectivity index (χ0n) is 8.56. The maximum atomic E-state index is 11.7. The molecule has 0 radical (unpaired) electrons. The Morgan fingerprint density at radius 1 is 1.60 bits per heavy atom. The first-order valence-corrected chi connectivity index (χ1v) is 7.45. The van der Waals surface area contributed by atoms with Gasteiger partial charge in [0.05, 0.1) is 11.4 Å². The van der Waals surface area contributed by atoms with Crippen LogP contribution in [0.15, 0.2) is 0 Å². The molecular weight excluding hydrogens is 232 g/mol. The lowest BCUT2D eigenvalue weighted by Crippen LogP contribution is -2.09. The number of rotatable bonds is 2. The third-order valence-electron chi connectivity index (χ3n) is 2.69. The first-order valence-electron chi connectivity index (χ1n) is 4.92. The minimum Gasteiger partial charge on any atom is -0.325 e. The summed E-state index contributed by atoms with van der Waals surface area (Å²) in [6.07, 6.45) is 1.46. The Morgan fingerprint density at radius 3 is 2.80 bits per heavy atom. The van der Waals surface area contributed by atoms with Crippen molar-refractivity contribution in [1.29, 1.82) is 0 Å². The molecule has 0 aliphatic carbocycles. The van der Waals surface area contributed by atoms with E-state index in [0.29, 0.717) is 18.7 Å². The van der Waals surface area contributed by atoms with Crippen molar-refractivity contribution in [2.24, 2.45) is 5.73 Å². The van der Waals surface area contributed by atoms with E-state index in [2.05, 4.69) is 4.98 Å². The molecule has 1 unspecified atom stereocenters. The minimum absolute atomic E-state index is 0.298. The normalized spacial score (nSPS) is 24.5. The van der Waals surface area contributed by atoms with Crippen LogP contribution in [0.2, 0.25) is 0 Å². The molecule has 4 nitrogen and oxygen atoms in total. The van der Waals surface area contributed by atoms with E-state index in [1.807, 2.05) is 6.92 Å². The fraction of sp³-hybridized carbons (Fsp3) is 0.667. The van der Waals surface area contributed by atoms with Gasteiger partial charge in [0, 0.05) is 11.4 Å². The van der Waals surface area contributed by atoms with E-state index in [9.17, 15) is 8.42 Å². The first-order chi connectivity index (χ1) is 7.04. The second-order valence-corrected chi connectivity index (χ2v) is 7.34. The smallest absolute Gasteiger partial charge is 0.158 e. The van der Waals surface area contributed by atoms with Crippen molar-refractivity contribution in [3.63, 3.8) is 0 Å². The average molecular weight is 246 g/mol. The molecule has 0 bridgehead atoms. The molecule has 0 spiro atoms. The van der Waals surface area contributed by atoms with E-state index in [-0.39, 0.29) is 5.25 Å². The van der Waals surface area contributed by atoms with Crippen LogP contribution in [0.5, 0.6) is 0 Å². The number of hydrogen-bond donors (Lipinski definition) is 1. The Balaban J connectivity index is 2.41. The monoisotopic (exact) mass is 246 g/mol. The lowest BCUT2D eigenvalue weighted by molar-refractivity contribution is 0.590.